The molecule has 2 aromatic rings. The summed E-state index contributed by atoms with van der Waals surface area (Å²) < 4.78 is 14.1. The van der Waals surface area contributed by atoms with Crippen LogP contribution in [0.1, 0.15) is 18.9 Å². The smallest absolute Gasteiger partial charge is 0.351 e. The van der Waals surface area contributed by atoms with E-state index < -0.39 is 54.0 Å². The average molecular weight is 501 g/mol. The molecule has 2 fully saturated rings. The highest BCUT2D eigenvalue weighted by atomic mass is 33.1. The molecule has 0 unspecified atom stereocenters. The van der Waals surface area contributed by atoms with Gasteiger partial charge in [-0.3, -0.25) is 9.13 Å². The number of rotatable bonds is 7. The van der Waals surface area contributed by atoms with Gasteiger partial charge in [-0.05, 0) is 18.6 Å². The fourth-order valence-electron chi connectivity index (χ4n) is 3.74. The fraction of sp³-hybridized carbons (Fsp3) is 0.556. The van der Waals surface area contributed by atoms with Crippen molar-refractivity contribution < 1.29 is 24.8 Å². The van der Waals surface area contributed by atoms with E-state index in [2.05, 4.69) is 9.97 Å². The lowest BCUT2D eigenvalue weighted by Gasteiger charge is -2.24. The van der Waals surface area contributed by atoms with Crippen molar-refractivity contribution in [1.29, 1.82) is 0 Å². The number of ether oxygens (including phenoxy) is 2. The molecule has 180 valence electrons. The number of nitrogens with two attached hydrogens (primary N) is 2. The second-order valence-corrected chi connectivity index (χ2v) is 10.3. The van der Waals surface area contributed by atoms with Crippen LogP contribution in [0.2, 0.25) is 0 Å². The number of nitrogens with zero attached hydrogens (tertiary/aromatic N) is 4. The monoisotopic (exact) mass is 500 g/mol. The van der Waals surface area contributed by atoms with E-state index in [1.165, 1.54) is 55.2 Å². The Morgan fingerprint density at radius 1 is 0.970 bits per heavy atom. The van der Waals surface area contributed by atoms with Crippen LogP contribution < -0.4 is 22.8 Å². The Hall–Kier alpha value is -2.14. The van der Waals surface area contributed by atoms with Gasteiger partial charge in [-0.15, -0.1) is 0 Å². The molecule has 0 spiro atoms. The minimum atomic E-state index is -1.09. The van der Waals surface area contributed by atoms with Crippen molar-refractivity contribution in [3.63, 3.8) is 0 Å². The molecular weight excluding hydrogens is 476 g/mol. The van der Waals surface area contributed by atoms with E-state index in [9.17, 15) is 24.9 Å². The van der Waals surface area contributed by atoms with Gasteiger partial charge in [0.15, 0.2) is 12.5 Å². The first-order valence-corrected chi connectivity index (χ1v) is 12.3. The summed E-state index contributed by atoms with van der Waals surface area (Å²) in [6, 6.07) is 2.91. The fourth-order valence-corrected chi connectivity index (χ4v) is 7.13. The lowest BCUT2D eigenvalue weighted by Crippen LogP contribution is -2.34. The third-order valence-corrected chi connectivity index (χ3v) is 8.64. The van der Waals surface area contributed by atoms with Crippen molar-refractivity contribution >= 4 is 33.2 Å². The predicted molar refractivity (Wildman–Crippen MR) is 121 cm³/mol. The molecule has 0 saturated carbocycles. The van der Waals surface area contributed by atoms with E-state index in [0.29, 0.717) is 6.42 Å². The highest BCUT2D eigenvalue weighted by Gasteiger charge is 2.47. The second-order valence-electron chi connectivity index (χ2n) is 7.59. The zero-order valence-corrected chi connectivity index (χ0v) is 18.8. The molecule has 15 heteroatoms. The Bertz CT molecular complexity index is 1100. The molecule has 0 aromatic carbocycles. The maximum absolute atomic E-state index is 12.3. The molecule has 2 saturated heterocycles. The Balaban J connectivity index is 1.56. The Kier molecular flexibility index (Phi) is 7.28. The van der Waals surface area contributed by atoms with Crippen molar-refractivity contribution in [3.8, 4) is 0 Å². The number of aliphatic hydroxyl groups is 3. The summed E-state index contributed by atoms with van der Waals surface area (Å²) in [6.07, 6.45) is -0.796. The van der Waals surface area contributed by atoms with E-state index in [1.54, 1.807) is 0 Å². The van der Waals surface area contributed by atoms with Crippen LogP contribution in [0.4, 0.5) is 11.6 Å². The molecule has 0 aliphatic carbocycles. The number of nitrogen functional groups attached to an aromatic ring is 2. The van der Waals surface area contributed by atoms with Crippen LogP contribution in [-0.2, 0) is 9.47 Å². The van der Waals surface area contributed by atoms with Crippen LogP contribution in [0.3, 0.4) is 0 Å². The Morgan fingerprint density at radius 3 is 2.12 bits per heavy atom. The Labute approximate surface area is 195 Å². The summed E-state index contributed by atoms with van der Waals surface area (Å²) in [6.45, 7) is -0.670. The van der Waals surface area contributed by atoms with E-state index >= 15 is 0 Å². The highest BCUT2D eigenvalue weighted by Crippen LogP contribution is 2.48. The van der Waals surface area contributed by atoms with Gasteiger partial charge in [0.25, 0.3) is 0 Å². The molecule has 33 heavy (non-hydrogen) atoms. The molecule has 2 aliphatic rings. The standard InChI is InChI=1S/C18H24N6O7S2/c19-11-1-3-23(17(28)21-11)15-10(5-8(6-25)30-15)32-33-14-13(27)9(7-26)31-16(14)24-4-2-12(20)22-18(24)29/h1-4,8-10,13-16,25-27H,5-7H2,(H2,19,21,28)(H2,20,22,29)/t8-,9+,10+,13+,14+,15+,16+/m0/s1. The minimum Gasteiger partial charge on any atom is -0.394 e. The average Bonchev–Trinajstić information content (AvgIpc) is 3.32. The maximum Gasteiger partial charge on any atom is 0.351 e. The molecule has 0 amide bonds. The van der Waals surface area contributed by atoms with Crippen molar-refractivity contribution in [3.05, 3.63) is 45.5 Å². The first-order valence-electron chi connectivity index (χ1n) is 10.0. The Morgan fingerprint density at radius 2 is 1.58 bits per heavy atom. The first kappa shape index (κ1) is 24.0. The third-order valence-electron chi connectivity index (χ3n) is 5.38. The van der Waals surface area contributed by atoms with Crippen molar-refractivity contribution in [2.75, 3.05) is 24.7 Å². The van der Waals surface area contributed by atoms with Gasteiger partial charge in [-0.2, -0.15) is 9.97 Å². The van der Waals surface area contributed by atoms with Crippen molar-refractivity contribution in [2.24, 2.45) is 0 Å². The lowest BCUT2D eigenvalue weighted by atomic mass is 10.2. The van der Waals surface area contributed by atoms with E-state index in [0.717, 1.165) is 0 Å². The van der Waals surface area contributed by atoms with Crippen LogP contribution in [0.15, 0.2) is 34.1 Å². The summed E-state index contributed by atoms with van der Waals surface area (Å²) in [5.41, 5.74) is 9.90. The van der Waals surface area contributed by atoms with Gasteiger partial charge >= 0.3 is 11.4 Å². The molecule has 0 radical (unpaired) electrons. The largest absolute Gasteiger partial charge is 0.394 e. The maximum atomic E-state index is 12.3. The SMILES string of the molecule is Nc1ccn([C@@H]2O[C@H](CO)[C@@H](O)[C@H]2SS[C@@H]2C[C@@H](CO)O[C@H]2n2ccc(N)nc2=O)c(=O)n1. The number of hydrogen-bond donors (Lipinski definition) is 5. The number of hydrogen-bond acceptors (Lipinski definition) is 13. The zero-order valence-electron chi connectivity index (χ0n) is 17.2. The van der Waals surface area contributed by atoms with Gasteiger partial charge in [-0.25, -0.2) is 9.59 Å². The van der Waals surface area contributed by atoms with Crippen LogP contribution in [-0.4, -0.2) is 76.4 Å². The summed E-state index contributed by atoms with van der Waals surface area (Å²) in [5.74, 6) is 0.133. The van der Waals surface area contributed by atoms with Gasteiger partial charge in [0, 0.05) is 12.4 Å². The zero-order chi connectivity index (χ0) is 23.7. The summed E-state index contributed by atoms with van der Waals surface area (Å²) in [4.78, 5) is 32.1. The first-order chi connectivity index (χ1) is 15.8. The minimum absolute atomic E-state index is 0.0515. The van der Waals surface area contributed by atoms with Crippen LogP contribution in [0.5, 0.6) is 0 Å². The molecular formula is C18H24N6O7S2. The van der Waals surface area contributed by atoms with Crippen LogP contribution in [0.25, 0.3) is 0 Å². The van der Waals surface area contributed by atoms with E-state index in [4.69, 9.17) is 20.9 Å². The predicted octanol–water partition coefficient (Wildman–Crippen LogP) is -1.69. The molecule has 4 heterocycles. The molecule has 0 bridgehead atoms. The molecule has 13 nitrogen and oxygen atoms in total. The number of aliphatic hydroxyl groups excluding tert-OH is 3. The molecule has 2 aromatic heterocycles. The van der Waals surface area contributed by atoms with Crippen LogP contribution in [0, 0.1) is 0 Å². The molecule has 2 aliphatic heterocycles. The molecule has 7 N–H and O–H groups in total. The van der Waals surface area contributed by atoms with E-state index in [-0.39, 0.29) is 23.5 Å². The summed E-state index contributed by atoms with van der Waals surface area (Å²) in [5, 5.41) is 28.9. The third kappa shape index (κ3) is 4.89. The van der Waals surface area contributed by atoms with E-state index in [1.807, 2.05) is 0 Å². The van der Waals surface area contributed by atoms with Crippen molar-refractivity contribution in [2.45, 2.75) is 47.7 Å². The highest BCUT2D eigenvalue weighted by molar-refractivity contribution is 8.77. The van der Waals surface area contributed by atoms with Crippen LogP contribution >= 0.6 is 21.6 Å². The van der Waals surface area contributed by atoms with Gasteiger partial charge in [0.1, 0.15) is 17.7 Å². The normalized spacial score (nSPS) is 31.8. The quantitative estimate of drug-likeness (QED) is 0.270. The van der Waals surface area contributed by atoms with Gasteiger partial charge in [-0.1, -0.05) is 21.6 Å². The topological polar surface area (TPSA) is 201 Å². The summed E-state index contributed by atoms with van der Waals surface area (Å²) in [7, 11) is 2.55. The van der Waals surface area contributed by atoms with Gasteiger partial charge in [0.2, 0.25) is 0 Å². The number of aromatic nitrogens is 4. The second kappa shape index (κ2) is 10.0. The molecule has 7 atom stereocenters. The van der Waals surface area contributed by atoms with Gasteiger partial charge in [0.05, 0.1) is 35.9 Å². The molecule has 4 rings (SSSR count). The van der Waals surface area contributed by atoms with Gasteiger partial charge < -0.3 is 36.3 Å². The lowest BCUT2D eigenvalue weighted by molar-refractivity contribution is -0.0456. The summed E-state index contributed by atoms with van der Waals surface area (Å²) >= 11 is 0. The van der Waals surface area contributed by atoms with Crippen molar-refractivity contribution in [1.82, 2.24) is 19.1 Å². The number of anilines is 2.